The average Bonchev–Trinajstić information content (AvgIpc) is 3.71. The van der Waals surface area contributed by atoms with Gasteiger partial charge in [0.2, 0.25) is 24.4 Å². The Morgan fingerprint density at radius 1 is 0.925 bits per heavy atom. The van der Waals surface area contributed by atoms with Gasteiger partial charge in [-0.05, 0) is 18.6 Å². The first kappa shape index (κ1) is 25.3. The molecule has 1 fully saturated rings. The van der Waals surface area contributed by atoms with Gasteiger partial charge in [0.15, 0.2) is 40.0 Å². The van der Waals surface area contributed by atoms with Crippen molar-refractivity contribution in [3.63, 3.8) is 0 Å². The van der Waals surface area contributed by atoms with E-state index in [-0.39, 0.29) is 12.7 Å². The molecule has 2 aliphatic rings. The summed E-state index contributed by atoms with van der Waals surface area (Å²) in [7, 11) is 4.66. The van der Waals surface area contributed by atoms with E-state index in [0.717, 1.165) is 18.7 Å². The Bertz CT molecular complexity index is 1550. The SMILES string of the molecule is COc1cc(Nc2nc(Nc3ccc4c(c3)OCO4)c3ncn(CCN4CCCC4=O)c3n2)cc(OC)c1OC. The Morgan fingerprint density at radius 2 is 1.73 bits per heavy atom. The highest BCUT2D eigenvalue weighted by Crippen LogP contribution is 2.41. The largest absolute Gasteiger partial charge is 0.493 e. The van der Waals surface area contributed by atoms with Gasteiger partial charge in [-0.2, -0.15) is 9.97 Å². The lowest BCUT2D eigenvalue weighted by Gasteiger charge is -2.16. The van der Waals surface area contributed by atoms with Crippen LogP contribution in [-0.4, -0.2) is 71.5 Å². The third-order valence-corrected chi connectivity index (χ3v) is 6.80. The number of rotatable bonds is 10. The first-order valence-corrected chi connectivity index (χ1v) is 12.8. The molecule has 0 spiro atoms. The molecule has 1 saturated heterocycles. The topological polar surface area (TPSA) is 134 Å². The van der Waals surface area contributed by atoms with Crippen molar-refractivity contribution in [3.05, 3.63) is 36.7 Å². The van der Waals surface area contributed by atoms with Crippen molar-refractivity contribution in [3.8, 4) is 28.7 Å². The van der Waals surface area contributed by atoms with Gasteiger partial charge < -0.3 is 43.8 Å². The van der Waals surface area contributed by atoms with Gasteiger partial charge >= 0.3 is 0 Å². The second kappa shape index (κ2) is 10.7. The van der Waals surface area contributed by atoms with E-state index in [0.29, 0.717) is 76.9 Å². The summed E-state index contributed by atoms with van der Waals surface area (Å²) in [5, 5.41) is 6.61. The van der Waals surface area contributed by atoms with Crippen LogP contribution in [0.3, 0.4) is 0 Å². The second-order valence-corrected chi connectivity index (χ2v) is 9.22. The number of nitrogens with zero attached hydrogens (tertiary/aromatic N) is 5. The molecule has 208 valence electrons. The fraction of sp³-hybridized carbons (Fsp3) is 0.333. The molecule has 0 bridgehead atoms. The molecule has 0 unspecified atom stereocenters. The lowest BCUT2D eigenvalue weighted by molar-refractivity contribution is -0.127. The van der Waals surface area contributed by atoms with Crippen LogP contribution in [0.5, 0.6) is 28.7 Å². The third-order valence-electron chi connectivity index (χ3n) is 6.80. The Labute approximate surface area is 230 Å². The summed E-state index contributed by atoms with van der Waals surface area (Å²) >= 11 is 0. The van der Waals surface area contributed by atoms with Crippen LogP contribution in [0, 0.1) is 0 Å². The number of methoxy groups -OCH3 is 3. The van der Waals surface area contributed by atoms with E-state index >= 15 is 0 Å². The minimum absolute atomic E-state index is 0.175. The van der Waals surface area contributed by atoms with Crippen LogP contribution in [-0.2, 0) is 11.3 Å². The van der Waals surface area contributed by atoms with Gasteiger partial charge in [0.25, 0.3) is 0 Å². The predicted molar refractivity (Wildman–Crippen MR) is 146 cm³/mol. The molecule has 4 heterocycles. The maximum absolute atomic E-state index is 12.1. The number of anilines is 4. The summed E-state index contributed by atoms with van der Waals surface area (Å²) in [5.41, 5.74) is 2.58. The zero-order valence-corrected chi connectivity index (χ0v) is 22.4. The number of likely N-dealkylation sites (tertiary alicyclic amines) is 1. The zero-order valence-electron chi connectivity index (χ0n) is 22.4. The minimum Gasteiger partial charge on any atom is -0.493 e. The van der Waals surface area contributed by atoms with Gasteiger partial charge in [0.05, 0.1) is 27.7 Å². The quantitative estimate of drug-likeness (QED) is 0.301. The summed E-state index contributed by atoms with van der Waals surface area (Å²) in [6.07, 6.45) is 3.20. The number of imidazole rings is 1. The zero-order chi connectivity index (χ0) is 27.6. The number of fused-ring (bicyclic) bond motifs is 2. The van der Waals surface area contributed by atoms with Crippen LogP contribution in [0.25, 0.3) is 11.2 Å². The summed E-state index contributed by atoms with van der Waals surface area (Å²) < 4.78 is 29.3. The number of hydrogen-bond donors (Lipinski definition) is 2. The molecule has 2 aromatic heterocycles. The van der Waals surface area contributed by atoms with Crippen molar-refractivity contribution in [1.82, 2.24) is 24.4 Å². The van der Waals surface area contributed by atoms with E-state index < -0.39 is 0 Å². The molecule has 2 aromatic carbocycles. The van der Waals surface area contributed by atoms with Crippen molar-refractivity contribution in [2.45, 2.75) is 19.4 Å². The van der Waals surface area contributed by atoms with Crippen LogP contribution >= 0.6 is 0 Å². The molecule has 0 aliphatic carbocycles. The Hall–Kier alpha value is -4.94. The van der Waals surface area contributed by atoms with Crippen LogP contribution < -0.4 is 34.3 Å². The van der Waals surface area contributed by atoms with Crippen molar-refractivity contribution in [2.75, 3.05) is 51.8 Å². The molecule has 2 aliphatic heterocycles. The molecular weight excluding hydrogens is 518 g/mol. The van der Waals surface area contributed by atoms with Crippen molar-refractivity contribution >= 4 is 40.2 Å². The lowest BCUT2D eigenvalue weighted by atomic mass is 10.2. The van der Waals surface area contributed by atoms with Crippen molar-refractivity contribution in [1.29, 1.82) is 0 Å². The molecule has 0 saturated carbocycles. The van der Waals surface area contributed by atoms with Gasteiger partial charge in [-0.3, -0.25) is 4.79 Å². The molecule has 0 radical (unpaired) electrons. The fourth-order valence-corrected chi connectivity index (χ4v) is 4.81. The van der Waals surface area contributed by atoms with E-state index in [1.807, 2.05) is 27.7 Å². The number of carbonyl (C=O) groups is 1. The molecule has 6 rings (SSSR count). The van der Waals surface area contributed by atoms with E-state index in [4.69, 9.17) is 33.7 Å². The number of carbonyl (C=O) groups excluding carboxylic acids is 1. The maximum atomic E-state index is 12.1. The van der Waals surface area contributed by atoms with Crippen molar-refractivity contribution < 1.29 is 28.5 Å². The number of ether oxygens (including phenoxy) is 5. The summed E-state index contributed by atoms with van der Waals surface area (Å²) in [5.74, 6) is 3.78. The minimum atomic E-state index is 0.175. The van der Waals surface area contributed by atoms with E-state index in [9.17, 15) is 4.79 Å². The smallest absolute Gasteiger partial charge is 0.231 e. The first-order valence-electron chi connectivity index (χ1n) is 12.8. The van der Waals surface area contributed by atoms with Crippen LogP contribution in [0.4, 0.5) is 23.1 Å². The molecule has 4 aromatic rings. The van der Waals surface area contributed by atoms with E-state index in [1.54, 1.807) is 39.8 Å². The maximum Gasteiger partial charge on any atom is 0.231 e. The standard InChI is InChI=1S/C27H29N7O6/c1-36-20-12-17(13-21(37-2)24(20)38-3)30-27-31-25(29-16-6-7-18-19(11-16)40-15-39-18)23-26(32-27)34(14-28-23)10-9-33-8-4-5-22(33)35/h6-7,11-14H,4-5,8-10,15H2,1-3H3,(H2,29,30,31,32). The van der Waals surface area contributed by atoms with Crippen LogP contribution in [0.1, 0.15) is 12.8 Å². The highest BCUT2D eigenvalue weighted by molar-refractivity contribution is 5.87. The number of nitrogens with one attached hydrogen (secondary N) is 2. The number of hydrogen-bond acceptors (Lipinski definition) is 11. The summed E-state index contributed by atoms with van der Waals surface area (Å²) in [6.45, 7) is 2.08. The van der Waals surface area contributed by atoms with E-state index in [2.05, 4.69) is 15.6 Å². The number of aromatic nitrogens is 4. The molecule has 13 heteroatoms. The molecular formula is C27H29N7O6. The highest BCUT2D eigenvalue weighted by Gasteiger charge is 2.22. The molecule has 2 N–H and O–H groups in total. The Kier molecular flexibility index (Phi) is 6.76. The Morgan fingerprint density at radius 3 is 2.45 bits per heavy atom. The number of amides is 1. The normalized spacial score (nSPS) is 14.1. The van der Waals surface area contributed by atoms with Gasteiger partial charge in [-0.15, -0.1) is 0 Å². The fourth-order valence-electron chi connectivity index (χ4n) is 4.81. The Balaban J connectivity index is 1.37. The molecule has 1 amide bonds. The van der Waals surface area contributed by atoms with Crippen molar-refractivity contribution in [2.24, 2.45) is 0 Å². The monoisotopic (exact) mass is 547 g/mol. The van der Waals surface area contributed by atoms with Gasteiger partial charge in [-0.25, -0.2) is 4.98 Å². The average molecular weight is 548 g/mol. The number of benzene rings is 2. The van der Waals surface area contributed by atoms with Gasteiger partial charge in [0, 0.05) is 55.6 Å². The van der Waals surface area contributed by atoms with Crippen LogP contribution in [0.15, 0.2) is 36.7 Å². The highest BCUT2D eigenvalue weighted by atomic mass is 16.7. The third kappa shape index (κ3) is 4.81. The molecule has 0 atom stereocenters. The predicted octanol–water partition coefficient (Wildman–Crippen LogP) is 3.69. The van der Waals surface area contributed by atoms with Gasteiger partial charge in [-0.1, -0.05) is 0 Å². The van der Waals surface area contributed by atoms with Crippen LogP contribution in [0.2, 0.25) is 0 Å². The second-order valence-electron chi connectivity index (χ2n) is 9.22. The summed E-state index contributed by atoms with van der Waals surface area (Å²) in [6, 6.07) is 9.11. The molecule has 40 heavy (non-hydrogen) atoms. The lowest BCUT2D eigenvalue weighted by Crippen LogP contribution is -2.28. The van der Waals surface area contributed by atoms with Gasteiger partial charge in [0.1, 0.15) is 0 Å². The molecule has 13 nitrogen and oxygen atoms in total. The first-order chi connectivity index (χ1) is 19.6. The van der Waals surface area contributed by atoms with E-state index in [1.165, 1.54) is 0 Å². The summed E-state index contributed by atoms with van der Waals surface area (Å²) in [4.78, 5) is 28.2.